The minimum absolute atomic E-state index is 0.0597. The SMILES string of the molecule is CCOC(=O)C1=C(C)N=c2s/c(=C/c3cc(Cl)c(OCC(=O)O)c(OC)c3)c(=O)n2C1c1ccccc1O. The van der Waals surface area contributed by atoms with Crippen LogP contribution in [0.1, 0.15) is 31.0 Å². The molecule has 1 atom stereocenters. The zero-order valence-electron chi connectivity index (χ0n) is 20.6. The number of aromatic hydroxyl groups is 1. The van der Waals surface area contributed by atoms with Crippen LogP contribution in [0.4, 0.5) is 0 Å². The van der Waals surface area contributed by atoms with Gasteiger partial charge in [-0.1, -0.05) is 41.1 Å². The summed E-state index contributed by atoms with van der Waals surface area (Å²) < 4.78 is 17.4. The lowest BCUT2D eigenvalue weighted by molar-refractivity contribution is -0.140. The average Bonchev–Trinajstić information content (AvgIpc) is 3.16. The zero-order valence-corrected chi connectivity index (χ0v) is 22.1. The molecule has 2 N–H and O–H groups in total. The molecule has 0 radical (unpaired) electrons. The fraction of sp³-hybridized carbons (Fsp3) is 0.231. The molecule has 2 aromatic carbocycles. The Bertz CT molecular complexity index is 1640. The van der Waals surface area contributed by atoms with Crippen molar-refractivity contribution in [2.75, 3.05) is 20.3 Å². The van der Waals surface area contributed by atoms with Gasteiger partial charge in [0, 0.05) is 5.56 Å². The number of benzene rings is 2. The van der Waals surface area contributed by atoms with E-state index in [0.29, 0.717) is 21.6 Å². The highest BCUT2D eigenvalue weighted by Crippen LogP contribution is 2.37. The highest BCUT2D eigenvalue weighted by Gasteiger charge is 2.34. The zero-order chi connectivity index (χ0) is 27.6. The first kappa shape index (κ1) is 27.0. The lowest BCUT2D eigenvalue weighted by Crippen LogP contribution is -2.40. The van der Waals surface area contributed by atoms with Gasteiger partial charge in [-0.15, -0.1) is 0 Å². The van der Waals surface area contributed by atoms with Crippen LogP contribution in [0, 0.1) is 0 Å². The summed E-state index contributed by atoms with van der Waals surface area (Å²) in [5, 5.41) is 19.6. The molecule has 1 aliphatic heterocycles. The average molecular weight is 559 g/mol. The lowest BCUT2D eigenvalue weighted by atomic mass is 9.95. The number of hydrogen-bond acceptors (Lipinski definition) is 9. The first-order valence-electron chi connectivity index (χ1n) is 11.4. The van der Waals surface area contributed by atoms with Gasteiger partial charge in [0.2, 0.25) is 0 Å². The molecule has 12 heteroatoms. The van der Waals surface area contributed by atoms with Gasteiger partial charge in [0.1, 0.15) is 11.8 Å². The van der Waals surface area contributed by atoms with E-state index in [9.17, 15) is 19.5 Å². The number of para-hydroxylation sites is 1. The molecule has 0 saturated heterocycles. The van der Waals surface area contributed by atoms with Gasteiger partial charge in [0.25, 0.3) is 5.56 Å². The molecular formula is C26H23ClN2O8S. The summed E-state index contributed by atoms with van der Waals surface area (Å²) in [5.74, 6) is -1.65. The number of nitrogens with zero attached hydrogens (tertiary/aromatic N) is 2. The van der Waals surface area contributed by atoms with E-state index < -0.39 is 30.1 Å². The summed E-state index contributed by atoms with van der Waals surface area (Å²) in [6.07, 6.45) is 1.57. The predicted molar refractivity (Wildman–Crippen MR) is 140 cm³/mol. The normalized spacial score (nSPS) is 15.1. The topological polar surface area (TPSA) is 137 Å². The van der Waals surface area contributed by atoms with Gasteiger partial charge in [-0.05, 0) is 43.7 Å². The molecule has 3 aromatic rings. The number of phenols is 1. The Morgan fingerprint density at radius 3 is 2.66 bits per heavy atom. The number of halogens is 1. The molecule has 0 fully saturated rings. The summed E-state index contributed by atoms with van der Waals surface area (Å²) in [6.45, 7) is 2.84. The van der Waals surface area contributed by atoms with Crippen LogP contribution in [0.2, 0.25) is 5.02 Å². The molecule has 0 saturated carbocycles. The molecule has 1 unspecified atom stereocenters. The number of fused-ring (bicyclic) bond motifs is 1. The van der Waals surface area contributed by atoms with Crippen molar-refractivity contribution >= 4 is 41.0 Å². The first-order valence-corrected chi connectivity index (χ1v) is 12.5. The lowest BCUT2D eigenvalue weighted by Gasteiger charge is -2.25. The highest BCUT2D eigenvalue weighted by molar-refractivity contribution is 7.07. The molecule has 10 nitrogen and oxygen atoms in total. The number of carboxylic acids is 1. The maximum absolute atomic E-state index is 13.7. The Hall–Kier alpha value is -4.09. The number of rotatable bonds is 8. The fourth-order valence-corrected chi connectivity index (χ4v) is 5.37. The van der Waals surface area contributed by atoms with Crippen LogP contribution in [-0.4, -0.2) is 47.0 Å². The smallest absolute Gasteiger partial charge is 0.341 e. The summed E-state index contributed by atoms with van der Waals surface area (Å²) in [6, 6.07) is 8.56. The number of esters is 1. The second kappa shape index (κ2) is 11.1. The van der Waals surface area contributed by atoms with Crippen LogP contribution in [0.15, 0.2) is 57.5 Å². The van der Waals surface area contributed by atoms with Gasteiger partial charge in [-0.2, -0.15) is 0 Å². The number of thiazole rings is 1. The van der Waals surface area contributed by atoms with E-state index in [1.165, 1.54) is 23.8 Å². The van der Waals surface area contributed by atoms with Crippen molar-refractivity contribution in [2.24, 2.45) is 4.99 Å². The molecule has 0 aliphatic carbocycles. The summed E-state index contributed by atoms with van der Waals surface area (Å²) in [5.41, 5.74) is 0.908. The molecule has 1 aliphatic rings. The number of ether oxygens (including phenoxy) is 3. The maximum atomic E-state index is 13.7. The number of carbonyl (C=O) groups is 2. The van der Waals surface area contributed by atoms with Gasteiger partial charge < -0.3 is 24.4 Å². The largest absolute Gasteiger partial charge is 0.508 e. The second-order valence-electron chi connectivity index (χ2n) is 8.08. The quantitative estimate of drug-likeness (QED) is 0.403. The van der Waals surface area contributed by atoms with Crippen molar-refractivity contribution in [1.82, 2.24) is 4.57 Å². The van der Waals surface area contributed by atoms with Crippen molar-refractivity contribution in [3.63, 3.8) is 0 Å². The van der Waals surface area contributed by atoms with E-state index in [4.69, 9.17) is 30.9 Å². The number of allylic oxidation sites excluding steroid dienone is 1. The molecule has 2 heterocycles. The number of phenolic OH excluding ortho intramolecular Hbond substituents is 1. The summed E-state index contributed by atoms with van der Waals surface area (Å²) in [7, 11) is 1.38. The third-order valence-corrected chi connectivity index (χ3v) is 6.90. The minimum atomic E-state index is -1.18. The molecule has 0 spiro atoms. The molecule has 0 bridgehead atoms. The summed E-state index contributed by atoms with van der Waals surface area (Å²) >= 11 is 7.42. The van der Waals surface area contributed by atoms with Gasteiger partial charge in [0.15, 0.2) is 22.9 Å². The van der Waals surface area contributed by atoms with Crippen LogP contribution in [0.25, 0.3) is 6.08 Å². The van der Waals surface area contributed by atoms with E-state index in [-0.39, 0.29) is 39.0 Å². The standard InChI is InChI=1S/C26H23ClN2O8S/c1-4-36-25(34)21-13(2)28-26-29(22(21)15-7-5-6-8-17(15)30)24(33)19(38-26)11-14-9-16(27)23(18(10-14)35-3)37-12-20(31)32/h5-11,22,30H,4,12H2,1-3H3,(H,31,32)/b19-11+. The Labute approximate surface area is 225 Å². The van der Waals surface area contributed by atoms with Crippen LogP contribution in [0.5, 0.6) is 17.2 Å². The third-order valence-electron chi connectivity index (χ3n) is 5.64. The monoisotopic (exact) mass is 558 g/mol. The van der Waals surface area contributed by atoms with E-state index >= 15 is 0 Å². The van der Waals surface area contributed by atoms with Gasteiger partial charge >= 0.3 is 11.9 Å². The van der Waals surface area contributed by atoms with E-state index in [0.717, 1.165) is 11.3 Å². The number of methoxy groups -OCH3 is 1. The van der Waals surface area contributed by atoms with Gasteiger partial charge in [0.05, 0.1) is 34.5 Å². The molecular weight excluding hydrogens is 536 g/mol. The van der Waals surface area contributed by atoms with Crippen molar-refractivity contribution in [3.05, 3.63) is 83.5 Å². The van der Waals surface area contributed by atoms with Gasteiger partial charge in [-0.3, -0.25) is 9.36 Å². The molecule has 38 heavy (non-hydrogen) atoms. The van der Waals surface area contributed by atoms with Crippen LogP contribution >= 0.6 is 22.9 Å². The predicted octanol–water partition coefficient (Wildman–Crippen LogP) is 2.63. The van der Waals surface area contributed by atoms with Crippen LogP contribution < -0.4 is 24.4 Å². The summed E-state index contributed by atoms with van der Waals surface area (Å²) in [4.78, 5) is 42.4. The second-order valence-corrected chi connectivity index (χ2v) is 9.49. The Morgan fingerprint density at radius 2 is 2.00 bits per heavy atom. The van der Waals surface area contributed by atoms with E-state index in [1.54, 1.807) is 44.2 Å². The number of aliphatic carboxylic acids is 1. The van der Waals surface area contributed by atoms with Crippen molar-refractivity contribution in [3.8, 4) is 17.2 Å². The minimum Gasteiger partial charge on any atom is -0.508 e. The fourth-order valence-electron chi connectivity index (χ4n) is 4.05. The Morgan fingerprint density at radius 1 is 1.26 bits per heavy atom. The van der Waals surface area contributed by atoms with Crippen molar-refractivity contribution in [1.29, 1.82) is 0 Å². The van der Waals surface area contributed by atoms with Crippen molar-refractivity contribution < 1.29 is 34.0 Å². The Kier molecular flexibility index (Phi) is 7.88. The number of carbonyl (C=O) groups excluding carboxylic acids is 1. The number of hydrogen-bond donors (Lipinski definition) is 2. The molecule has 198 valence electrons. The van der Waals surface area contributed by atoms with E-state index in [2.05, 4.69) is 4.99 Å². The molecule has 0 amide bonds. The van der Waals surface area contributed by atoms with Gasteiger partial charge in [-0.25, -0.2) is 14.6 Å². The maximum Gasteiger partial charge on any atom is 0.341 e. The number of carboxylic acid groups (broad SMARTS) is 1. The van der Waals surface area contributed by atoms with Crippen LogP contribution in [-0.2, 0) is 14.3 Å². The molecule has 1 aromatic heterocycles. The van der Waals surface area contributed by atoms with E-state index in [1.807, 2.05) is 0 Å². The van der Waals surface area contributed by atoms with Crippen molar-refractivity contribution in [2.45, 2.75) is 19.9 Å². The van der Waals surface area contributed by atoms with Crippen LogP contribution in [0.3, 0.4) is 0 Å². The number of aromatic nitrogens is 1. The third kappa shape index (κ3) is 5.15. The highest BCUT2D eigenvalue weighted by atomic mass is 35.5. The molecule has 4 rings (SSSR count). The Balaban J connectivity index is 1.90. The first-order chi connectivity index (χ1) is 18.2.